The zero-order valence-electron chi connectivity index (χ0n) is 26.4. The number of pyridine rings is 2. The van der Waals surface area contributed by atoms with E-state index in [0.29, 0.717) is 31.9 Å². The molecule has 0 bridgehead atoms. The van der Waals surface area contributed by atoms with Crippen LogP contribution in [0, 0.1) is 40.7 Å². The van der Waals surface area contributed by atoms with E-state index in [4.69, 9.17) is 4.74 Å². The van der Waals surface area contributed by atoms with Crippen molar-refractivity contribution in [1.82, 2.24) is 14.0 Å². The summed E-state index contributed by atoms with van der Waals surface area (Å²) in [4.78, 5) is 55.9. The molecule has 3 aliphatic rings. The minimum atomic E-state index is -2.31. The van der Waals surface area contributed by atoms with Crippen LogP contribution in [0.3, 0.4) is 0 Å². The molecule has 2 aromatic carbocycles. The van der Waals surface area contributed by atoms with Gasteiger partial charge < -0.3 is 28.8 Å². The lowest BCUT2D eigenvalue weighted by atomic mass is 10.0. The van der Waals surface area contributed by atoms with Crippen LogP contribution in [-0.2, 0) is 4.74 Å². The lowest BCUT2D eigenvalue weighted by molar-refractivity contribution is 0.0362. The van der Waals surface area contributed by atoms with Gasteiger partial charge in [0.15, 0.2) is 40.7 Å². The molecule has 1 aliphatic heterocycles. The predicted molar refractivity (Wildman–Crippen MR) is 163 cm³/mol. The van der Waals surface area contributed by atoms with Crippen molar-refractivity contribution in [2.24, 2.45) is 0 Å². The molecule has 0 spiro atoms. The van der Waals surface area contributed by atoms with Crippen LogP contribution < -0.4 is 15.8 Å². The van der Waals surface area contributed by atoms with E-state index in [-0.39, 0.29) is 26.1 Å². The van der Waals surface area contributed by atoms with Crippen molar-refractivity contribution in [2.75, 3.05) is 38.6 Å². The molecule has 3 fully saturated rings. The van der Waals surface area contributed by atoms with Crippen LogP contribution in [0.1, 0.15) is 64.9 Å². The maximum atomic E-state index is 16.2. The quantitative estimate of drug-likeness (QED) is 0.0986. The number of hydrogen-bond donors (Lipinski definition) is 1. The fraction of sp³-hybridized carbons (Fsp3) is 0.394. The number of fused-ring (bicyclic) bond motifs is 2. The molecule has 4 aromatic rings. The predicted octanol–water partition coefficient (Wildman–Crippen LogP) is 4.46. The summed E-state index contributed by atoms with van der Waals surface area (Å²) in [6.45, 7) is -0.146. The van der Waals surface area contributed by atoms with Crippen molar-refractivity contribution in [2.45, 2.75) is 49.8 Å². The smallest absolute Gasteiger partial charge is 0.351 e. The van der Waals surface area contributed by atoms with Gasteiger partial charge in [-0.15, -0.1) is 0 Å². The van der Waals surface area contributed by atoms with E-state index in [9.17, 15) is 41.8 Å². The van der Waals surface area contributed by atoms with Crippen LogP contribution in [0.25, 0.3) is 21.8 Å². The Balaban J connectivity index is 1.31. The van der Waals surface area contributed by atoms with Crippen LogP contribution in [-0.4, -0.2) is 70.4 Å². The highest BCUT2D eigenvalue weighted by Crippen LogP contribution is 2.42. The highest BCUT2D eigenvalue weighted by molar-refractivity contribution is 6.05. The number of benzene rings is 2. The molecule has 50 heavy (non-hydrogen) atoms. The lowest BCUT2D eigenvalue weighted by Crippen LogP contribution is -2.42. The van der Waals surface area contributed by atoms with Gasteiger partial charge in [0.2, 0.25) is 10.9 Å². The molecule has 0 radical (unpaired) electrons. The molecule has 1 saturated heterocycles. The van der Waals surface area contributed by atoms with Crippen molar-refractivity contribution in [3.05, 3.63) is 84.7 Å². The van der Waals surface area contributed by atoms with E-state index in [1.54, 1.807) is 19.0 Å². The standard InChI is InChI=1S/C33H27F7N4O6/c1-41(2)11-33(49)7-8-42(12-33)28-23(38)20(35)18-27(25(28)40)44(14-5-6-14)10-16(30(18)46)32(48)50-31(47)15-9-43(13-3-4-13)26-17(29(15)45)19(34)21(36)22(37)24(26)39/h9-10,13-14,49H,3-8,11-12H2,1-2H3. The fourth-order valence-electron chi connectivity index (χ4n) is 6.76. The van der Waals surface area contributed by atoms with Gasteiger partial charge in [-0.05, 0) is 46.2 Å². The van der Waals surface area contributed by atoms with Crippen molar-refractivity contribution < 1.29 is 50.2 Å². The number of esters is 2. The number of nitrogens with zero attached hydrogens (tertiary/aromatic N) is 4. The third kappa shape index (κ3) is 5.25. The Morgan fingerprint density at radius 1 is 0.760 bits per heavy atom. The number of rotatable bonds is 7. The molecule has 1 atom stereocenters. The van der Waals surface area contributed by atoms with E-state index in [2.05, 4.69) is 0 Å². The third-order valence-electron chi connectivity index (χ3n) is 9.28. The molecule has 10 nitrogen and oxygen atoms in total. The highest BCUT2D eigenvalue weighted by Gasteiger charge is 2.41. The van der Waals surface area contributed by atoms with Crippen LogP contribution in [0.2, 0.25) is 0 Å². The second-order valence-corrected chi connectivity index (χ2v) is 13.3. The van der Waals surface area contributed by atoms with E-state index in [0.717, 1.165) is 20.2 Å². The molecule has 2 saturated carbocycles. The summed E-state index contributed by atoms with van der Waals surface area (Å²) in [7, 11) is 3.39. The number of anilines is 1. The Morgan fingerprint density at radius 3 is 1.70 bits per heavy atom. The fourth-order valence-corrected chi connectivity index (χ4v) is 6.76. The van der Waals surface area contributed by atoms with Gasteiger partial charge >= 0.3 is 11.9 Å². The normalized spacial score (nSPS) is 19.3. The first kappa shape index (κ1) is 33.7. The Morgan fingerprint density at radius 2 is 1.22 bits per heavy atom. The summed E-state index contributed by atoms with van der Waals surface area (Å²) < 4.78 is 112. The monoisotopic (exact) mass is 708 g/mol. The van der Waals surface area contributed by atoms with Gasteiger partial charge in [-0.1, -0.05) is 0 Å². The SMILES string of the molecule is CN(C)CC1(O)CCN(c2c(F)c(F)c3c(=O)c(C(=O)OC(=O)c4cn(C5CC5)c5c(F)c(F)c(F)c(F)c5c4=O)cn(C4CC4)c3c2F)C1. The van der Waals surface area contributed by atoms with Crippen molar-refractivity contribution >= 4 is 39.4 Å². The van der Waals surface area contributed by atoms with Gasteiger partial charge in [-0.25, -0.2) is 40.3 Å². The largest absolute Gasteiger partial charge is 0.387 e. The molecule has 7 rings (SSSR count). The van der Waals surface area contributed by atoms with Crippen molar-refractivity contribution in [1.29, 1.82) is 0 Å². The number of carbonyl (C=O) groups is 2. The minimum Gasteiger partial charge on any atom is -0.387 e. The van der Waals surface area contributed by atoms with Crippen LogP contribution >= 0.6 is 0 Å². The number of carbonyl (C=O) groups excluding carboxylic acids is 2. The molecule has 3 heterocycles. The van der Waals surface area contributed by atoms with Crippen LogP contribution in [0.4, 0.5) is 36.4 Å². The first-order valence-corrected chi connectivity index (χ1v) is 15.6. The van der Waals surface area contributed by atoms with Gasteiger partial charge in [-0.3, -0.25) is 9.59 Å². The summed E-state index contributed by atoms with van der Waals surface area (Å²) in [6.07, 6.45) is 3.05. The summed E-state index contributed by atoms with van der Waals surface area (Å²) in [5, 5.41) is 8.45. The molecule has 0 amide bonds. The number of halogens is 7. The first-order chi connectivity index (χ1) is 23.5. The summed E-state index contributed by atoms with van der Waals surface area (Å²) in [6, 6.07) is -1.22. The molecule has 264 valence electrons. The maximum absolute atomic E-state index is 16.2. The van der Waals surface area contributed by atoms with Crippen LogP contribution in [0.15, 0.2) is 22.0 Å². The number of aromatic nitrogens is 2. The lowest BCUT2D eigenvalue weighted by Gasteiger charge is -2.28. The number of ether oxygens (including phenoxy) is 1. The average Bonchev–Trinajstić information content (AvgIpc) is 3.99. The van der Waals surface area contributed by atoms with Gasteiger partial charge in [0, 0.05) is 44.1 Å². The van der Waals surface area contributed by atoms with E-state index in [1.165, 1.54) is 0 Å². The number of likely N-dealkylation sites (N-methyl/N-ethyl adjacent to an activating group) is 1. The second-order valence-electron chi connectivity index (χ2n) is 13.3. The zero-order chi connectivity index (χ0) is 36.1. The van der Waals surface area contributed by atoms with E-state index in [1.807, 2.05) is 0 Å². The van der Waals surface area contributed by atoms with Gasteiger partial charge in [0.25, 0.3) is 0 Å². The van der Waals surface area contributed by atoms with Gasteiger partial charge in [0.1, 0.15) is 16.8 Å². The molecule has 2 aliphatic carbocycles. The first-order valence-electron chi connectivity index (χ1n) is 15.6. The average molecular weight is 709 g/mol. The molecule has 2 aromatic heterocycles. The topological polar surface area (TPSA) is 114 Å². The summed E-state index contributed by atoms with van der Waals surface area (Å²) in [5.74, 6) is -16.9. The van der Waals surface area contributed by atoms with E-state index >= 15 is 13.2 Å². The number of hydrogen-bond acceptors (Lipinski definition) is 8. The Kier molecular flexibility index (Phi) is 7.86. The number of aliphatic hydroxyl groups is 1. The van der Waals surface area contributed by atoms with Crippen molar-refractivity contribution in [3.63, 3.8) is 0 Å². The number of β-amino-alcohol motifs (C(OH)–C–C–N with tert-alkyl or cyclic N) is 1. The Labute approximate surface area is 276 Å². The highest BCUT2D eigenvalue weighted by atomic mass is 19.2. The summed E-state index contributed by atoms with van der Waals surface area (Å²) >= 11 is 0. The molecular formula is C33H27F7N4O6. The minimum absolute atomic E-state index is 0.0430. The van der Waals surface area contributed by atoms with Crippen molar-refractivity contribution in [3.8, 4) is 0 Å². The Hall–Kier alpha value is -4.77. The second kappa shape index (κ2) is 11.7. The van der Waals surface area contributed by atoms with E-state index < -0.39 is 120 Å². The van der Waals surface area contributed by atoms with Gasteiger partial charge in [-0.2, -0.15) is 0 Å². The summed E-state index contributed by atoms with van der Waals surface area (Å²) in [5.41, 5.74) is -9.15. The maximum Gasteiger partial charge on any atom is 0.351 e. The molecule has 1 N–H and O–H groups in total. The molecule has 1 unspecified atom stereocenters. The Bertz CT molecular complexity index is 2300. The van der Waals surface area contributed by atoms with Gasteiger partial charge in [0.05, 0.1) is 27.4 Å². The third-order valence-corrected chi connectivity index (χ3v) is 9.28. The molecule has 17 heteroatoms. The van der Waals surface area contributed by atoms with Crippen LogP contribution in [0.5, 0.6) is 0 Å². The molecular weight excluding hydrogens is 681 g/mol. The zero-order valence-corrected chi connectivity index (χ0v) is 26.4.